The molecule has 9 heteroatoms. The van der Waals surface area contributed by atoms with Crippen molar-refractivity contribution in [3.8, 4) is 5.75 Å². The SMILES string of the molecule is Cc1noc2ccc(CCCN(C(=O)C(F)(F)F)c3ccc(OC4CCN(C)CC4)cc3)cc12. The van der Waals surface area contributed by atoms with Gasteiger partial charge in [0.2, 0.25) is 0 Å². The number of fused-ring (bicyclic) bond motifs is 1. The Kier molecular flexibility index (Phi) is 7.11. The lowest BCUT2D eigenvalue weighted by molar-refractivity contribution is -0.170. The van der Waals surface area contributed by atoms with Crippen molar-refractivity contribution >= 4 is 22.6 Å². The Bertz CT molecular complexity index is 1120. The number of piperidine rings is 1. The van der Waals surface area contributed by atoms with Gasteiger partial charge in [0, 0.05) is 30.7 Å². The molecule has 0 N–H and O–H groups in total. The van der Waals surface area contributed by atoms with E-state index in [1.807, 2.05) is 19.1 Å². The molecule has 0 aliphatic carbocycles. The monoisotopic (exact) mass is 475 g/mol. The van der Waals surface area contributed by atoms with E-state index in [-0.39, 0.29) is 18.3 Å². The van der Waals surface area contributed by atoms with Gasteiger partial charge in [0.15, 0.2) is 5.58 Å². The van der Waals surface area contributed by atoms with Crippen LogP contribution >= 0.6 is 0 Å². The maximum atomic E-state index is 13.3. The summed E-state index contributed by atoms with van der Waals surface area (Å²) in [5.74, 6) is -1.28. The number of anilines is 1. The van der Waals surface area contributed by atoms with Crippen molar-refractivity contribution in [2.45, 2.75) is 44.9 Å². The number of alkyl halides is 3. The smallest absolute Gasteiger partial charge is 0.471 e. The number of hydrogen-bond donors (Lipinski definition) is 0. The first kappa shape index (κ1) is 24.1. The van der Waals surface area contributed by atoms with Gasteiger partial charge in [-0.3, -0.25) is 4.79 Å². The molecular formula is C25H28F3N3O3. The highest BCUT2D eigenvalue weighted by molar-refractivity contribution is 5.97. The number of amides is 1. The first-order valence-electron chi connectivity index (χ1n) is 11.4. The molecule has 4 rings (SSSR count). The van der Waals surface area contributed by atoms with Crippen LogP contribution in [0.3, 0.4) is 0 Å². The highest BCUT2D eigenvalue weighted by Crippen LogP contribution is 2.28. The number of ether oxygens (including phenoxy) is 1. The maximum absolute atomic E-state index is 13.3. The van der Waals surface area contributed by atoms with Crippen LogP contribution in [0.15, 0.2) is 47.0 Å². The summed E-state index contributed by atoms with van der Waals surface area (Å²) in [4.78, 5) is 15.2. The molecule has 1 fully saturated rings. The summed E-state index contributed by atoms with van der Waals surface area (Å²) in [6.45, 7) is 3.66. The van der Waals surface area contributed by atoms with E-state index in [1.54, 1.807) is 18.2 Å². The number of hydrogen-bond acceptors (Lipinski definition) is 5. The van der Waals surface area contributed by atoms with Gasteiger partial charge in [-0.05, 0) is 81.6 Å². The van der Waals surface area contributed by atoms with Gasteiger partial charge in [0.05, 0.1) is 5.69 Å². The maximum Gasteiger partial charge on any atom is 0.471 e. The molecule has 6 nitrogen and oxygen atoms in total. The van der Waals surface area contributed by atoms with Crippen molar-refractivity contribution in [2.24, 2.45) is 0 Å². The van der Waals surface area contributed by atoms with Crippen molar-refractivity contribution in [3.05, 3.63) is 53.7 Å². The van der Waals surface area contributed by atoms with Crippen LogP contribution in [-0.4, -0.2) is 54.9 Å². The van der Waals surface area contributed by atoms with Gasteiger partial charge < -0.3 is 19.1 Å². The summed E-state index contributed by atoms with van der Waals surface area (Å²) in [7, 11) is 2.06. The van der Waals surface area contributed by atoms with E-state index in [2.05, 4.69) is 17.1 Å². The molecule has 0 atom stereocenters. The molecule has 182 valence electrons. The Balaban J connectivity index is 1.42. The van der Waals surface area contributed by atoms with E-state index in [1.165, 1.54) is 12.1 Å². The molecule has 3 aromatic rings. The molecule has 1 aliphatic rings. The fraction of sp³-hybridized carbons (Fsp3) is 0.440. The largest absolute Gasteiger partial charge is 0.490 e. The van der Waals surface area contributed by atoms with Crippen LogP contribution in [0.2, 0.25) is 0 Å². The summed E-state index contributed by atoms with van der Waals surface area (Å²) in [5, 5.41) is 4.79. The number of halogens is 3. The Morgan fingerprint density at radius 2 is 1.88 bits per heavy atom. The lowest BCUT2D eigenvalue weighted by Gasteiger charge is -2.29. The molecule has 2 aromatic carbocycles. The molecule has 0 spiro atoms. The van der Waals surface area contributed by atoms with Gasteiger partial charge >= 0.3 is 12.1 Å². The average molecular weight is 476 g/mol. The van der Waals surface area contributed by atoms with Crippen molar-refractivity contribution < 1.29 is 27.2 Å². The number of carbonyl (C=O) groups is 1. The number of likely N-dealkylation sites (tertiary alicyclic amines) is 1. The topological polar surface area (TPSA) is 58.8 Å². The third-order valence-electron chi connectivity index (χ3n) is 6.17. The van der Waals surface area contributed by atoms with Crippen molar-refractivity contribution in [1.82, 2.24) is 10.1 Å². The van der Waals surface area contributed by atoms with Crippen LogP contribution in [0.1, 0.15) is 30.5 Å². The second kappa shape index (κ2) is 10.0. The summed E-state index contributed by atoms with van der Waals surface area (Å²) < 4.78 is 51.1. The van der Waals surface area contributed by atoms with Gasteiger partial charge in [-0.15, -0.1) is 0 Å². The fourth-order valence-corrected chi connectivity index (χ4v) is 4.20. The number of rotatable bonds is 7. The fourth-order valence-electron chi connectivity index (χ4n) is 4.20. The molecule has 0 saturated carbocycles. The number of benzene rings is 2. The number of nitrogens with zero attached hydrogens (tertiary/aromatic N) is 3. The first-order valence-corrected chi connectivity index (χ1v) is 11.4. The highest BCUT2D eigenvalue weighted by Gasteiger charge is 2.42. The molecule has 0 unspecified atom stereocenters. The van der Waals surface area contributed by atoms with E-state index >= 15 is 0 Å². The summed E-state index contributed by atoms with van der Waals surface area (Å²) in [6, 6.07) is 11.9. The number of aryl methyl sites for hydroxylation is 2. The van der Waals surface area contributed by atoms with E-state index in [0.29, 0.717) is 24.2 Å². The predicted octanol–water partition coefficient (Wildman–Crippen LogP) is 5.14. The standard InChI is InChI=1S/C25H28F3N3O3/c1-17-22-16-18(5-10-23(22)34-29-17)4-3-13-31(24(32)25(26,27)28)19-6-8-20(9-7-19)33-21-11-14-30(2)15-12-21/h5-10,16,21H,3-4,11-15H2,1-2H3. The lowest BCUT2D eigenvalue weighted by Crippen LogP contribution is -2.42. The van der Waals surface area contributed by atoms with E-state index in [4.69, 9.17) is 9.26 Å². The Morgan fingerprint density at radius 3 is 2.56 bits per heavy atom. The molecule has 1 aromatic heterocycles. The summed E-state index contributed by atoms with van der Waals surface area (Å²) in [6.07, 6.45) is -2.19. The van der Waals surface area contributed by atoms with Crippen LogP contribution in [0.25, 0.3) is 11.0 Å². The van der Waals surface area contributed by atoms with E-state index in [0.717, 1.165) is 47.5 Å². The molecule has 2 heterocycles. The van der Waals surface area contributed by atoms with Crippen molar-refractivity contribution in [2.75, 3.05) is 31.6 Å². The molecule has 1 saturated heterocycles. The Labute approximate surface area is 196 Å². The molecule has 34 heavy (non-hydrogen) atoms. The van der Waals surface area contributed by atoms with Crippen LogP contribution in [-0.2, 0) is 11.2 Å². The Morgan fingerprint density at radius 1 is 1.18 bits per heavy atom. The second-order valence-electron chi connectivity index (χ2n) is 8.77. The zero-order chi connectivity index (χ0) is 24.3. The van der Waals surface area contributed by atoms with Gasteiger partial charge in [0.25, 0.3) is 0 Å². The minimum Gasteiger partial charge on any atom is -0.490 e. The predicted molar refractivity (Wildman–Crippen MR) is 123 cm³/mol. The normalized spacial score (nSPS) is 15.6. The molecule has 0 radical (unpaired) electrons. The third kappa shape index (κ3) is 5.70. The summed E-state index contributed by atoms with van der Waals surface area (Å²) >= 11 is 0. The van der Waals surface area contributed by atoms with E-state index in [9.17, 15) is 18.0 Å². The number of aromatic nitrogens is 1. The average Bonchev–Trinajstić information content (AvgIpc) is 3.18. The quantitative estimate of drug-likeness (QED) is 0.474. The molecule has 0 bridgehead atoms. The van der Waals surface area contributed by atoms with Crippen LogP contribution < -0.4 is 9.64 Å². The number of carbonyl (C=O) groups excluding carboxylic acids is 1. The van der Waals surface area contributed by atoms with Crippen LogP contribution in [0.5, 0.6) is 5.75 Å². The van der Waals surface area contributed by atoms with Crippen molar-refractivity contribution in [1.29, 1.82) is 0 Å². The van der Waals surface area contributed by atoms with Crippen molar-refractivity contribution in [3.63, 3.8) is 0 Å². The van der Waals surface area contributed by atoms with Gasteiger partial charge in [-0.1, -0.05) is 11.2 Å². The lowest BCUT2D eigenvalue weighted by atomic mass is 10.1. The third-order valence-corrected chi connectivity index (χ3v) is 6.17. The van der Waals surface area contributed by atoms with Crippen LogP contribution in [0, 0.1) is 6.92 Å². The minimum absolute atomic E-state index is 0.0613. The zero-order valence-electron chi connectivity index (χ0n) is 19.3. The molecule has 1 amide bonds. The molecule has 1 aliphatic heterocycles. The van der Waals surface area contributed by atoms with Crippen LogP contribution in [0.4, 0.5) is 18.9 Å². The molecular weight excluding hydrogens is 447 g/mol. The minimum atomic E-state index is -4.96. The summed E-state index contributed by atoms with van der Waals surface area (Å²) in [5.41, 5.74) is 2.56. The van der Waals surface area contributed by atoms with Gasteiger partial charge in [-0.2, -0.15) is 13.2 Å². The van der Waals surface area contributed by atoms with E-state index < -0.39 is 12.1 Å². The highest BCUT2D eigenvalue weighted by atomic mass is 19.4. The second-order valence-corrected chi connectivity index (χ2v) is 8.77. The Hall–Kier alpha value is -3.07. The van der Waals surface area contributed by atoms with Gasteiger partial charge in [0.1, 0.15) is 11.9 Å². The first-order chi connectivity index (χ1) is 16.2. The zero-order valence-corrected chi connectivity index (χ0v) is 19.3. The van der Waals surface area contributed by atoms with Gasteiger partial charge in [-0.25, -0.2) is 0 Å².